The molecule has 0 fully saturated rings. The van der Waals surface area contributed by atoms with E-state index in [1.807, 2.05) is 12.4 Å². The minimum atomic E-state index is -5.08. The number of carboxylic acids is 1. The highest BCUT2D eigenvalue weighted by atomic mass is 35.5. The van der Waals surface area contributed by atoms with Crippen LogP contribution in [-0.4, -0.2) is 45.1 Å². The minimum Gasteiger partial charge on any atom is -0.475 e. The Balaban J connectivity index is 0.000000479. The lowest BCUT2D eigenvalue weighted by molar-refractivity contribution is -0.192. The van der Waals surface area contributed by atoms with Crippen molar-refractivity contribution in [3.05, 3.63) is 63.9 Å². The number of anilines is 3. The zero-order chi connectivity index (χ0) is 27.3. The monoisotopic (exact) mass is 537 g/mol. The molecule has 3 aromatic rings. The maximum absolute atomic E-state index is 10.6. The van der Waals surface area contributed by atoms with Gasteiger partial charge in [0.1, 0.15) is 5.82 Å². The quantitative estimate of drug-likeness (QED) is 0.402. The standard InChI is InChI=1S/C24H30ClN5.C2HF3O2/c1-5-12-29(16-19-8-10-26-11-9-19)24-20-7-6-13-30(23(20)27-28(24)4)22-18(3)14-17(2)15-21(22)25;3-2(4,5)1(6)7/h8-11,14-15H,5-7,12-13,16H2,1-4H3;(H,6,7). The van der Waals surface area contributed by atoms with E-state index in [1.165, 1.54) is 28.1 Å². The van der Waals surface area contributed by atoms with Gasteiger partial charge in [0, 0.05) is 44.6 Å². The molecule has 4 rings (SSSR count). The Morgan fingerprint density at radius 3 is 2.43 bits per heavy atom. The minimum absolute atomic E-state index is 0.801. The van der Waals surface area contributed by atoms with Crippen molar-refractivity contribution in [1.82, 2.24) is 14.8 Å². The summed E-state index contributed by atoms with van der Waals surface area (Å²) in [5.74, 6) is -0.495. The number of alkyl halides is 3. The van der Waals surface area contributed by atoms with E-state index in [9.17, 15) is 13.2 Å². The Hall–Kier alpha value is -3.27. The normalized spacial score (nSPS) is 13.0. The highest BCUT2D eigenvalue weighted by Crippen LogP contribution is 2.42. The number of aliphatic carboxylic acids is 1. The molecule has 3 heterocycles. The maximum atomic E-state index is 10.6. The number of carbonyl (C=O) groups is 1. The number of aromatic nitrogens is 3. The van der Waals surface area contributed by atoms with E-state index in [1.54, 1.807) is 0 Å². The van der Waals surface area contributed by atoms with Crippen LogP contribution in [0, 0.1) is 13.8 Å². The highest BCUT2D eigenvalue weighted by molar-refractivity contribution is 6.33. The first kappa shape index (κ1) is 28.3. The van der Waals surface area contributed by atoms with Crippen molar-refractivity contribution in [2.24, 2.45) is 7.05 Å². The van der Waals surface area contributed by atoms with Crippen LogP contribution in [0.15, 0.2) is 36.7 Å². The van der Waals surface area contributed by atoms with Crippen LogP contribution in [0.1, 0.15) is 42.0 Å². The van der Waals surface area contributed by atoms with E-state index in [-0.39, 0.29) is 0 Å². The molecule has 0 saturated carbocycles. The summed E-state index contributed by atoms with van der Waals surface area (Å²) in [7, 11) is 2.06. The maximum Gasteiger partial charge on any atom is 0.490 e. The van der Waals surface area contributed by atoms with E-state index in [4.69, 9.17) is 26.6 Å². The van der Waals surface area contributed by atoms with Crippen molar-refractivity contribution < 1.29 is 23.1 Å². The summed E-state index contributed by atoms with van der Waals surface area (Å²) >= 11 is 6.71. The molecule has 200 valence electrons. The second-order valence-electron chi connectivity index (χ2n) is 9.00. The molecule has 0 atom stereocenters. The molecule has 11 heteroatoms. The van der Waals surface area contributed by atoms with E-state index >= 15 is 0 Å². The fraction of sp³-hybridized carbons (Fsp3) is 0.423. The van der Waals surface area contributed by atoms with Gasteiger partial charge in [0.05, 0.1) is 10.7 Å². The highest BCUT2D eigenvalue weighted by Gasteiger charge is 2.38. The summed E-state index contributed by atoms with van der Waals surface area (Å²) < 4.78 is 33.8. The van der Waals surface area contributed by atoms with E-state index in [0.717, 1.165) is 55.4 Å². The van der Waals surface area contributed by atoms with E-state index in [2.05, 4.69) is 71.5 Å². The molecule has 37 heavy (non-hydrogen) atoms. The molecule has 1 N–H and O–H groups in total. The summed E-state index contributed by atoms with van der Waals surface area (Å²) in [5.41, 5.74) is 6.05. The molecule has 1 aliphatic rings. The molecule has 0 radical (unpaired) electrons. The predicted octanol–water partition coefficient (Wildman–Crippen LogP) is 6.22. The summed E-state index contributed by atoms with van der Waals surface area (Å²) in [6, 6.07) is 8.43. The van der Waals surface area contributed by atoms with Crippen molar-refractivity contribution in [2.75, 3.05) is 22.9 Å². The summed E-state index contributed by atoms with van der Waals surface area (Å²) in [4.78, 5) is 17.8. The van der Waals surface area contributed by atoms with Crippen LogP contribution in [0.3, 0.4) is 0 Å². The number of hydrogen-bond acceptors (Lipinski definition) is 5. The molecule has 2 aromatic heterocycles. The van der Waals surface area contributed by atoms with Gasteiger partial charge in [-0.15, -0.1) is 0 Å². The van der Waals surface area contributed by atoms with Gasteiger partial charge in [-0.3, -0.25) is 9.67 Å². The van der Waals surface area contributed by atoms with Crippen LogP contribution < -0.4 is 9.80 Å². The van der Waals surface area contributed by atoms with Crippen LogP contribution in [0.5, 0.6) is 0 Å². The van der Waals surface area contributed by atoms with Gasteiger partial charge in [0.25, 0.3) is 0 Å². The van der Waals surface area contributed by atoms with Crippen molar-refractivity contribution in [3.8, 4) is 0 Å². The number of carboxylic acid groups (broad SMARTS) is 1. The third kappa shape index (κ3) is 6.74. The largest absolute Gasteiger partial charge is 0.490 e. The zero-order valence-electron chi connectivity index (χ0n) is 21.3. The van der Waals surface area contributed by atoms with Crippen LogP contribution in [0.4, 0.5) is 30.5 Å². The zero-order valence-corrected chi connectivity index (χ0v) is 22.1. The lowest BCUT2D eigenvalue weighted by Crippen LogP contribution is -2.28. The fourth-order valence-corrected chi connectivity index (χ4v) is 5.03. The first-order valence-electron chi connectivity index (χ1n) is 12.0. The topological polar surface area (TPSA) is 74.5 Å². The van der Waals surface area contributed by atoms with Gasteiger partial charge >= 0.3 is 12.1 Å². The number of pyridine rings is 1. The van der Waals surface area contributed by atoms with Gasteiger partial charge in [-0.2, -0.15) is 18.3 Å². The van der Waals surface area contributed by atoms with E-state index in [0.29, 0.717) is 0 Å². The predicted molar refractivity (Wildman–Crippen MR) is 139 cm³/mol. The number of rotatable bonds is 6. The van der Waals surface area contributed by atoms with Crippen molar-refractivity contribution in [2.45, 2.75) is 52.8 Å². The molecule has 0 aliphatic carbocycles. The summed E-state index contributed by atoms with van der Waals surface area (Å²) in [6.45, 7) is 9.23. The molecule has 0 spiro atoms. The smallest absolute Gasteiger partial charge is 0.475 e. The third-order valence-corrected chi connectivity index (χ3v) is 6.27. The number of hydrogen-bond donors (Lipinski definition) is 1. The van der Waals surface area contributed by atoms with Crippen molar-refractivity contribution in [1.29, 1.82) is 0 Å². The van der Waals surface area contributed by atoms with Crippen molar-refractivity contribution >= 4 is 34.9 Å². The van der Waals surface area contributed by atoms with Crippen LogP contribution in [-0.2, 0) is 24.8 Å². The summed E-state index contributed by atoms with van der Waals surface area (Å²) in [6.07, 6.45) is 1.85. The first-order valence-corrected chi connectivity index (χ1v) is 12.4. The molecule has 0 amide bonds. The van der Waals surface area contributed by atoms with Crippen LogP contribution in [0.25, 0.3) is 0 Å². The lowest BCUT2D eigenvalue weighted by atomic mass is 10.0. The van der Waals surface area contributed by atoms with Crippen LogP contribution >= 0.6 is 11.6 Å². The van der Waals surface area contributed by atoms with Crippen LogP contribution in [0.2, 0.25) is 5.02 Å². The Morgan fingerprint density at radius 2 is 1.86 bits per heavy atom. The molecule has 0 unspecified atom stereocenters. The molecule has 7 nitrogen and oxygen atoms in total. The number of aryl methyl sites for hydroxylation is 3. The molecule has 0 saturated heterocycles. The van der Waals surface area contributed by atoms with Gasteiger partial charge < -0.3 is 14.9 Å². The second-order valence-corrected chi connectivity index (χ2v) is 9.40. The Bertz CT molecular complexity index is 1210. The Morgan fingerprint density at radius 1 is 1.22 bits per heavy atom. The number of nitrogens with zero attached hydrogens (tertiary/aromatic N) is 5. The summed E-state index contributed by atoms with van der Waals surface area (Å²) in [5, 5.41) is 12.9. The molecular weight excluding hydrogens is 507 g/mol. The van der Waals surface area contributed by atoms with Gasteiger partial charge in [-0.05, 0) is 68.0 Å². The average molecular weight is 538 g/mol. The molecule has 1 aliphatic heterocycles. The molecule has 0 bridgehead atoms. The van der Waals surface area contributed by atoms with Gasteiger partial charge in [0.15, 0.2) is 5.82 Å². The SMILES string of the molecule is CCCN(Cc1ccncc1)c1c2c(nn1C)N(c1c(C)cc(C)cc1Cl)CCC2.O=C(O)C(F)(F)F. The van der Waals surface area contributed by atoms with E-state index < -0.39 is 12.1 Å². The Labute approximate surface area is 219 Å². The molecule has 1 aromatic carbocycles. The third-order valence-electron chi connectivity index (χ3n) is 5.98. The lowest BCUT2D eigenvalue weighted by Gasteiger charge is -2.31. The Kier molecular flexibility index (Phi) is 9.07. The number of fused-ring (bicyclic) bond motifs is 1. The van der Waals surface area contributed by atoms with Crippen molar-refractivity contribution in [3.63, 3.8) is 0 Å². The second kappa shape index (κ2) is 11.9. The van der Waals surface area contributed by atoms with Gasteiger partial charge in [0.2, 0.25) is 0 Å². The number of halogens is 4. The van der Waals surface area contributed by atoms with Gasteiger partial charge in [-0.1, -0.05) is 24.6 Å². The average Bonchev–Trinajstić information content (AvgIpc) is 3.15. The molecular formula is C26H31ClF3N5O2. The van der Waals surface area contributed by atoms with Gasteiger partial charge in [-0.25, -0.2) is 4.79 Å². The number of benzene rings is 1. The fourth-order valence-electron chi connectivity index (χ4n) is 4.61. The first-order chi connectivity index (χ1) is 17.4.